The molecule has 1 aromatic rings. The number of nitrogens with zero attached hydrogens (tertiary/aromatic N) is 1. The fourth-order valence-electron chi connectivity index (χ4n) is 2.72. The van der Waals surface area contributed by atoms with E-state index in [-0.39, 0.29) is 10.8 Å². The van der Waals surface area contributed by atoms with Crippen molar-refractivity contribution in [2.45, 2.75) is 24.7 Å². The Morgan fingerprint density at radius 1 is 1.23 bits per heavy atom. The molecule has 0 atom stereocenters. The molecule has 1 aliphatic rings. The number of rotatable bonds is 5. The van der Waals surface area contributed by atoms with Crippen molar-refractivity contribution in [3.63, 3.8) is 0 Å². The van der Waals surface area contributed by atoms with Crippen LogP contribution in [0.4, 0.5) is 0 Å². The Balaban J connectivity index is 1.95. The number of likely N-dealkylation sites (tertiary alicyclic amines) is 1. The van der Waals surface area contributed by atoms with Gasteiger partial charge in [-0.3, -0.25) is 4.79 Å². The van der Waals surface area contributed by atoms with Crippen LogP contribution in [0.2, 0.25) is 0 Å². The molecule has 0 unspecified atom stereocenters. The molecule has 1 fully saturated rings. The van der Waals surface area contributed by atoms with Gasteiger partial charge in [0.05, 0.1) is 4.90 Å². The fourth-order valence-corrected chi connectivity index (χ4v) is 3.35. The molecule has 1 amide bonds. The number of carbonyl (C=O) groups is 1. The van der Waals surface area contributed by atoms with Gasteiger partial charge in [0.1, 0.15) is 0 Å². The topological polar surface area (TPSA) is 66.5 Å². The Morgan fingerprint density at radius 2 is 1.82 bits per heavy atom. The van der Waals surface area contributed by atoms with Gasteiger partial charge in [-0.1, -0.05) is 6.92 Å². The van der Waals surface area contributed by atoms with Crippen LogP contribution in [0.1, 0.15) is 30.1 Å². The molecule has 1 aliphatic heterocycles. The Morgan fingerprint density at radius 3 is 2.32 bits per heavy atom. The van der Waals surface area contributed by atoms with Crippen LogP contribution >= 0.6 is 0 Å². The van der Waals surface area contributed by atoms with Gasteiger partial charge in [0.25, 0.3) is 5.91 Å². The zero-order valence-corrected chi connectivity index (χ0v) is 14.0. The second-order valence-electron chi connectivity index (χ2n) is 5.84. The van der Waals surface area contributed by atoms with Crippen molar-refractivity contribution < 1.29 is 13.2 Å². The van der Waals surface area contributed by atoms with Gasteiger partial charge in [-0.05, 0) is 56.1 Å². The molecule has 1 aromatic carbocycles. The van der Waals surface area contributed by atoms with E-state index in [0.29, 0.717) is 11.5 Å². The average Bonchev–Trinajstić information content (AvgIpc) is 2.52. The molecule has 0 saturated carbocycles. The number of piperidine rings is 1. The first-order chi connectivity index (χ1) is 10.4. The van der Waals surface area contributed by atoms with Gasteiger partial charge in [0.2, 0.25) is 0 Å². The van der Waals surface area contributed by atoms with Gasteiger partial charge in [-0.25, -0.2) is 8.42 Å². The summed E-state index contributed by atoms with van der Waals surface area (Å²) in [5, 5.41) is 3.35. The molecular weight excluding hydrogens is 300 g/mol. The lowest BCUT2D eigenvalue weighted by Crippen LogP contribution is -2.40. The van der Waals surface area contributed by atoms with Crippen LogP contribution in [0.3, 0.4) is 0 Å². The predicted octanol–water partition coefficient (Wildman–Crippen LogP) is 1.55. The highest BCUT2D eigenvalue weighted by molar-refractivity contribution is 7.90. The van der Waals surface area contributed by atoms with Crippen molar-refractivity contribution in [1.29, 1.82) is 0 Å². The fraction of sp³-hybridized carbons (Fsp3) is 0.562. The lowest BCUT2D eigenvalue weighted by Gasteiger charge is -2.32. The van der Waals surface area contributed by atoms with Crippen molar-refractivity contribution in [3.05, 3.63) is 29.8 Å². The highest BCUT2D eigenvalue weighted by Gasteiger charge is 2.23. The van der Waals surface area contributed by atoms with Crippen molar-refractivity contribution in [2.75, 3.05) is 32.4 Å². The van der Waals surface area contributed by atoms with Crippen LogP contribution < -0.4 is 5.32 Å². The minimum atomic E-state index is -3.22. The summed E-state index contributed by atoms with van der Waals surface area (Å²) in [7, 11) is -3.22. The van der Waals surface area contributed by atoms with E-state index in [1.807, 2.05) is 4.90 Å². The first-order valence-electron chi connectivity index (χ1n) is 7.72. The van der Waals surface area contributed by atoms with Crippen LogP contribution in [0.25, 0.3) is 0 Å². The zero-order valence-electron chi connectivity index (χ0n) is 13.2. The van der Waals surface area contributed by atoms with Crippen molar-refractivity contribution in [1.82, 2.24) is 10.2 Å². The van der Waals surface area contributed by atoms with E-state index in [1.54, 1.807) is 12.1 Å². The molecule has 1 saturated heterocycles. The van der Waals surface area contributed by atoms with Crippen LogP contribution in [-0.4, -0.2) is 51.7 Å². The van der Waals surface area contributed by atoms with Gasteiger partial charge in [0.15, 0.2) is 9.84 Å². The molecule has 0 aromatic heterocycles. The van der Waals surface area contributed by atoms with Gasteiger partial charge in [-0.2, -0.15) is 0 Å². The Bertz CT molecular complexity index is 603. The average molecular weight is 324 g/mol. The molecule has 5 nitrogen and oxygen atoms in total. The molecule has 1 heterocycles. The summed E-state index contributed by atoms with van der Waals surface area (Å²) >= 11 is 0. The SMILES string of the molecule is CCNCC1CCN(C(=O)c2ccc(S(C)(=O)=O)cc2)CC1. The summed E-state index contributed by atoms with van der Waals surface area (Å²) < 4.78 is 22.9. The number of nitrogens with one attached hydrogen (secondary N) is 1. The second-order valence-corrected chi connectivity index (χ2v) is 7.86. The van der Waals surface area contributed by atoms with Gasteiger partial charge >= 0.3 is 0 Å². The van der Waals surface area contributed by atoms with Crippen LogP contribution in [0, 0.1) is 5.92 Å². The minimum absolute atomic E-state index is 0.0121. The second kappa shape index (κ2) is 7.24. The van der Waals surface area contributed by atoms with Crippen molar-refractivity contribution in [2.24, 2.45) is 5.92 Å². The number of hydrogen-bond acceptors (Lipinski definition) is 4. The number of amides is 1. The first-order valence-corrected chi connectivity index (χ1v) is 9.61. The van der Waals surface area contributed by atoms with Gasteiger partial charge in [-0.15, -0.1) is 0 Å². The smallest absolute Gasteiger partial charge is 0.253 e. The molecule has 6 heteroatoms. The summed E-state index contributed by atoms with van der Waals surface area (Å²) in [4.78, 5) is 14.5. The third kappa shape index (κ3) is 4.30. The highest BCUT2D eigenvalue weighted by Crippen LogP contribution is 2.19. The van der Waals surface area contributed by atoms with Crippen LogP contribution in [-0.2, 0) is 9.84 Å². The number of sulfone groups is 1. The third-order valence-corrected chi connectivity index (χ3v) is 5.24. The maximum absolute atomic E-state index is 12.4. The maximum atomic E-state index is 12.4. The van der Waals surface area contributed by atoms with Gasteiger partial charge in [0, 0.05) is 24.9 Å². The molecule has 0 aliphatic carbocycles. The Kier molecular flexibility index (Phi) is 5.58. The van der Waals surface area contributed by atoms with E-state index >= 15 is 0 Å². The lowest BCUT2D eigenvalue weighted by atomic mass is 9.96. The highest BCUT2D eigenvalue weighted by atomic mass is 32.2. The van der Waals surface area contributed by atoms with E-state index in [1.165, 1.54) is 18.4 Å². The predicted molar refractivity (Wildman–Crippen MR) is 86.7 cm³/mol. The van der Waals surface area contributed by atoms with E-state index < -0.39 is 9.84 Å². The molecule has 0 bridgehead atoms. The van der Waals surface area contributed by atoms with E-state index in [9.17, 15) is 13.2 Å². The molecule has 122 valence electrons. The molecule has 22 heavy (non-hydrogen) atoms. The zero-order chi connectivity index (χ0) is 16.2. The quantitative estimate of drug-likeness (QED) is 0.892. The Labute approximate surface area is 132 Å². The summed E-state index contributed by atoms with van der Waals surface area (Å²) in [6.45, 7) is 5.62. The van der Waals surface area contributed by atoms with Crippen LogP contribution in [0.5, 0.6) is 0 Å². The lowest BCUT2D eigenvalue weighted by molar-refractivity contribution is 0.0690. The van der Waals surface area contributed by atoms with Gasteiger partial charge < -0.3 is 10.2 Å². The number of hydrogen-bond donors (Lipinski definition) is 1. The number of benzene rings is 1. The third-order valence-electron chi connectivity index (χ3n) is 4.11. The normalized spacial score (nSPS) is 16.7. The summed E-state index contributed by atoms with van der Waals surface area (Å²) in [5.74, 6) is 0.624. The summed E-state index contributed by atoms with van der Waals surface area (Å²) in [6, 6.07) is 6.20. The molecule has 1 N–H and O–H groups in total. The van der Waals surface area contributed by atoms with E-state index in [2.05, 4.69) is 12.2 Å². The van der Waals surface area contributed by atoms with Crippen LogP contribution in [0.15, 0.2) is 29.2 Å². The van der Waals surface area contributed by atoms with E-state index in [0.717, 1.165) is 39.0 Å². The number of carbonyl (C=O) groups excluding carboxylic acids is 1. The Hall–Kier alpha value is -1.40. The molecular formula is C16H24N2O3S. The standard InChI is InChI=1S/C16H24N2O3S/c1-3-17-12-13-8-10-18(11-9-13)16(19)14-4-6-15(7-5-14)22(2,20)21/h4-7,13,17H,3,8-12H2,1-2H3. The molecule has 0 radical (unpaired) electrons. The first kappa shape index (κ1) is 17.0. The summed E-state index contributed by atoms with van der Waals surface area (Å²) in [5.41, 5.74) is 0.553. The van der Waals surface area contributed by atoms with E-state index in [4.69, 9.17) is 0 Å². The largest absolute Gasteiger partial charge is 0.339 e. The minimum Gasteiger partial charge on any atom is -0.339 e. The van der Waals surface area contributed by atoms with Crippen molar-refractivity contribution in [3.8, 4) is 0 Å². The van der Waals surface area contributed by atoms with Crippen molar-refractivity contribution >= 4 is 15.7 Å². The maximum Gasteiger partial charge on any atom is 0.253 e. The monoisotopic (exact) mass is 324 g/mol. The summed E-state index contributed by atoms with van der Waals surface area (Å²) in [6.07, 6.45) is 3.19. The molecule has 0 spiro atoms. The molecule has 2 rings (SSSR count).